The van der Waals surface area contributed by atoms with E-state index in [-0.39, 0.29) is 11.3 Å². The van der Waals surface area contributed by atoms with Crippen molar-refractivity contribution in [3.05, 3.63) is 0 Å². The maximum absolute atomic E-state index is 11.5. The van der Waals surface area contributed by atoms with Gasteiger partial charge in [0.2, 0.25) is 5.91 Å². The number of hydrogen-bond acceptors (Lipinski definition) is 3. The molecule has 110 valence electrons. The molecule has 2 rings (SSSR count). The minimum atomic E-state index is -0.294. The van der Waals surface area contributed by atoms with Crippen molar-refractivity contribution >= 4 is 5.91 Å². The van der Waals surface area contributed by atoms with Crippen molar-refractivity contribution in [2.75, 3.05) is 19.6 Å². The average molecular weight is 267 g/mol. The minimum Gasteiger partial charge on any atom is -0.369 e. The lowest BCUT2D eigenvalue weighted by Crippen LogP contribution is -2.44. The lowest BCUT2D eigenvalue weighted by molar-refractivity contribution is -0.126. The highest BCUT2D eigenvalue weighted by Crippen LogP contribution is 2.34. The molecule has 1 atom stereocenters. The Morgan fingerprint density at radius 3 is 2.58 bits per heavy atom. The molecule has 1 unspecified atom stereocenters. The van der Waals surface area contributed by atoms with Crippen molar-refractivity contribution < 1.29 is 4.79 Å². The van der Waals surface area contributed by atoms with Crippen molar-refractivity contribution in [3.8, 4) is 0 Å². The van der Waals surface area contributed by atoms with Gasteiger partial charge in [0, 0.05) is 18.6 Å². The number of carbonyl (C=O) groups excluding carboxylic acids is 1. The molecule has 0 aromatic heterocycles. The van der Waals surface area contributed by atoms with Crippen LogP contribution in [0.1, 0.15) is 52.4 Å². The second-order valence-corrected chi connectivity index (χ2v) is 6.60. The Labute approximate surface area is 117 Å². The first kappa shape index (κ1) is 14.8. The van der Waals surface area contributed by atoms with Crippen LogP contribution in [0.15, 0.2) is 0 Å². The lowest BCUT2D eigenvalue weighted by atomic mass is 9.88. The van der Waals surface area contributed by atoms with Gasteiger partial charge in [0.15, 0.2) is 0 Å². The SMILES string of the molecule is CCCNC1CCC(N2CCC(C)(C(N)=O)C2)CC1. The number of primary amides is 1. The van der Waals surface area contributed by atoms with Crippen molar-refractivity contribution in [1.82, 2.24) is 10.2 Å². The number of nitrogens with zero attached hydrogens (tertiary/aromatic N) is 1. The molecule has 3 N–H and O–H groups in total. The molecule has 1 amide bonds. The van der Waals surface area contributed by atoms with Gasteiger partial charge in [0.25, 0.3) is 0 Å². The quantitative estimate of drug-likeness (QED) is 0.793. The third kappa shape index (κ3) is 3.48. The third-order valence-electron chi connectivity index (χ3n) is 4.99. The molecule has 1 aliphatic heterocycles. The van der Waals surface area contributed by atoms with E-state index in [1.165, 1.54) is 32.1 Å². The summed E-state index contributed by atoms with van der Waals surface area (Å²) in [5, 5.41) is 3.62. The van der Waals surface area contributed by atoms with Crippen molar-refractivity contribution in [2.24, 2.45) is 11.1 Å². The Hall–Kier alpha value is -0.610. The molecule has 0 radical (unpaired) electrons. The van der Waals surface area contributed by atoms with Gasteiger partial charge in [0.1, 0.15) is 0 Å². The van der Waals surface area contributed by atoms with Gasteiger partial charge in [-0.1, -0.05) is 6.92 Å². The fourth-order valence-electron chi connectivity index (χ4n) is 3.50. The van der Waals surface area contributed by atoms with Gasteiger partial charge in [-0.15, -0.1) is 0 Å². The fraction of sp³-hybridized carbons (Fsp3) is 0.933. The molecule has 19 heavy (non-hydrogen) atoms. The molecule has 2 aliphatic rings. The molecule has 2 fully saturated rings. The highest BCUT2D eigenvalue weighted by atomic mass is 16.1. The molecule has 0 aromatic carbocycles. The van der Waals surface area contributed by atoms with Gasteiger partial charge < -0.3 is 11.1 Å². The van der Waals surface area contributed by atoms with Crippen LogP contribution in [0.4, 0.5) is 0 Å². The molecule has 1 heterocycles. The average Bonchev–Trinajstić information content (AvgIpc) is 2.81. The van der Waals surface area contributed by atoms with Crippen molar-refractivity contribution in [3.63, 3.8) is 0 Å². The molecule has 0 spiro atoms. The summed E-state index contributed by atoms with van der Waals surface area (Å²) in [6.45, 7) is 7.27. The van der Waals surface area contributed by atoms with Crippen molar-refractivity contribution in [2.45, 2.75) is 64.5 Å². The fourth-order valence-corrected chi connectivity index (χ4v) is 3.50. The molecule has 1 saturated heterocycles. The van der Waals surface area contributed by atoms with E-state index in [1.54, 1.807) is 0 Å². The van der Waals surface area contributed by atoms with E-state index in [9.17, 15) is 4.79 Å². The number of likely N-dealkylation sites (tertiary alicyclic amines) is 1. The number of rotatable bonds is 5. The van der Waals surface area contributed by atoms with Crippen LogP contribution in [0, 0.1) is 5.41 Å². The molecule has 0 bridgehead atoms. The van der Waals surface area contributed by atoms with E-state index >= 15 is 0 Å². The molecular formula is C15H29N3O. The molecule has 1 aliphatic carbocycles. The number of amides is 1. The van der Waals surface area contributed by atoms with Crippen LogP contribution >= 0.6 is 0 Å². The first-order chi connectivity index (χ1) is 9.05. The van der Waals surface area contributed by atoms with Crippen LogP contribution < -0.4 is 11.1 Å². The van der Waals surface area contributed by atoms with E-state index in [4.69, 9.17) is 5.73 Å². The highest BCUT2D eigenvalue weighted by Gasteiger charge is 2.41. The monoisotopic (exact) mass is 267 g/mol. The standard InChI is InChI=1S/C15H29N3O/c1-3-9-17-12-4-6-13(7-5-12)18-10-8-15(2,11-18)14(16)19/h12-13,17H,3-11H2,1-2H3,(H2,16,19). The maximum Gasteiger partial charge on any atom is 0.224 e. The largest absolute Gasteiger partial charge is 0.369 e. The van der Waals surface area contributed by atoms with Crippen LogP contribution in [0.2, 0.25) is 0 Å². The van der Waals surface area contributed by atoms with Gasteiger partial charge in [-0.3, -0.25) is 9.69 Å². The summed E-state index contributed by atoms with van der Waals surface area (Å²) in [7, 11) is 0. The first-order valence-corrected chi connectivity index (χ1v) is 7.82. The second kappa shape index (κ2) is 6.23. The molecule has 4 heteroatoms. The van der Waals surface area contributed by atoms with Crippen LogP contribution in [-0.2, 0) is 4.79 Å². The van der Waals surface area contributed by atoms with Gasteiger partial charge in [-0.25, -0.2) is 0 Å². The topological polar surface area (TPSA) is 58.4 Å². The Balaban J connectivity index is 1.78. The Bertz CT molecular complexity index is 313. The van der Waals surface area contributed by atoms with Crippen LogP contribution in [0.25, 0.3) is 0 Å². The minimum absolute atomic E-state index is 0.131. The maximum atomic E-state index is 11.5. The predicted octanol–water partition coefficient (Wildman–Crippen LogP) is 1.49. The summed E-state index contributed by atoms with van der Waals surface area (Å²) < 4.78 is 0. The third-order valence-corrected chi connectivity index (χ3v) is 4.99. The number of nitrogens with two attached hydrogens (primary N) is 1. The zero-order valence-corrected chi connectivity index (χ0v) is 12.5. The van der Waals surface area contributed by atoms with Crippen LogP contribution in [0.3, 0.4) is 0 Å². The molecule has 4 nitrogen and oxygen atoms in total. The normalized spacial score (nSPS) is 36.5. The number of hydrogen-bond donors (Lipinski definition) is 2. The van der Waals surface area contributed by atoms with Gasteiger partial charge in [-0.05, 0) is 58.5 Å². The smallest absolute Gasteiger partial charge is 0.224 e. The van der Waals surface area contributed by atoms with Gasteiger partial charge in [-0.2, -0.15) is 0 Å². The van der Waals surface area contributed by atoms with Crippen LogP contribution in [0.5, 0.6) is 0 Å². The Morgan fingerprint density at radius 2 is 2.05 bits per heavy atom. The zero-order chi connectivity index (χ0) is 13.9. The molecular weight excluding hydrogens is 238 g/mol. The van der Waals surface area contributed by atoms with Gasteiger partial charge in [0.05, 0.1) is 5.41 Å². The summed E-state index contributed by atoms with van der Waals surface area (Å²) in [5.41, 5.74) is 5.23. The molecule has 0 aromatic rings. The highest BCUT2D eigenvalue weighted by molar-refractivity contribution is 5.81. The van der Waals surface area contributed by atoms with E-state index in [2.05, 4.69) is 17.1 Å². The zero-order valence-electron chi connectivity index (χ0n) is 12.5. The lowest BCUT2D eigenvalue weighted by Gasteiger charge is -2.35. The summed E-state index contributed by atoms with van der Waals surface area (Å²) in [5.74, 6) is -0.131. The van der Waals surface area contributed by atoms with E-state index in [0.29, 0.717) is 12.1 Å². The number of carbonyl (C=O) groups is 1. The summed E-state index contributed by atoms with van der Waals surface area (Å²) in [4.78, 5) is 14.0. The van der Waals surface area contributed by atoms with Crippen molar-refractivity contribution in [1.29, 1.82) is 0 Å². The molecule has 1 saturated carbocycles. The predicted molar refractivity (Wildman–Crippen MR) is 77.8 cm³/mol. The van der Waals surface area contributed by atoms with E-state index in [1.807, 2.05) is 6.92 Å². The number of nitrogens with one attached hydrogen (secondary N) is 1. The van der Waals surface area contributed by atoms with Gasteiger partial charge >= 0.3 is 0 Å². The van der Waals surface area contributed by atoms with E-state index < -0.39 is 0 Å². The Morgan fingerprint density at radius 1 is 1.37 bits per heavy atom. The van der Waals surface area contributed by atoms with E-state index in [0.717, 1.165) is 26.1 Å². The summed E-state index contributed by atoms with van der Waals surface area (Å²) >= 11 is 0. The summed E-state index contributed by atoms with van der Waals surface area (Å²) in [6, 6.07) is 1.38. The van der Waals surface area contributed by atoms with Crippen LogP contribution in [-0.4, -0.2) is 42.5 Å². The first-order valence-electron chi connectivity index (χ1n) is 7.82. The summed E-state index contributed by atoms with van der Waals surface area (Å²) in [6.07, 6.45) is 7.20. The second-order valence-electron chi connectivity index (χ2n) is 6.60. The Kier molecular flexibility index (Phi) is 4.85.